The molecular formula is C26H23ClN4O2. The van der Waals surface area contributed by atoms with Crippen molar-refractivity contribution in [3.05, 3.63) is 89.7 Å². The summed E-state index contributed by atoms with van der Waals surface area (Å²) >= 11 is 6.14. The van der Waals surface area contributed by atoms with Gasteiger partial charge in [-0.25, -0.2) is 4.98 Å². The Kier molecular flexibility index (Phi) is 5.60. The fourth-order valence-corrected chi connectivity index (χ4v) is 4.57. The highest BCUT2D eigenvalue weighted by Crippen LogP contribution is 2.34. The predicted molar refractivity (Wildman–Crippen MR) is 131 cm³/mol. The number of hydrogen-bond donors (Lipinski definition) is 0. The number of halogens is 1. The zero-order valence-electron chi connectivity index (χ0n) is 18.2. The second-order valence-electron chi connectivity index (χ2n) is 8.22. The molecule has 1 saturated heterocycles. The Balaban J connectivity index is 1.47. The Morgan fingerprint density at radius 3 is 2.61 bits per heavy atom. The minimum absolute atomic E-state index is 0.0219. The third kappa shape index (κ3) is 4.10. The third-order valence-electron chi connectivity index (χ3n) is 6.11. The molecule has 1 unspecified atom stereocenters. The van der Waals surface area contributed by atoms with E-state index < -0.39 is 0 Å². The van der Waals surface area contributed by atoms with E-state index in [4.69, 9.17) is 16.6 Å². The van der Waals surface area contributed by atoms with Crippen LogP contribution in [0.5, 0.6) is 0 Å². The molecule has 6 nitrogen and oxygen atoms in total. The number of carbonyl (C=O) groups is 2. The molecule has 1 aliphatic heterocycles. The first kappa shape index (κ1) is 21.2. The van der Waals surface area contributed by atoms with Gasteiger partial charge in [-0.05, 0) is 42.5 Å². The average Bonchev–Trinajstić information content (AvgIpc) is 3.39. The maximum Gasteiger partial charge on any atom is 0.246 e. The van der Waals surface area contributed by atoms with Crippen molar-refractivity contribution in [3.63, 3.8) is 0 Å². The molecule has 1 aliphatic rings. The molecule has 0 bridgehead atoms. The SMILES string of the molecule is CN(C(=O)Cn1c(C2CC(=O)N(c3cccc(Cl)c3)C2)nc2ccccc21)c1ccccc1. The van der Waals surface area contributed by atoms with Crippen LogP contribution in [-0.2, 0) is 16.1 Å². The van der Waals surface area contributed by atoms with Gasteiger partial charge in [-0.3, -0.25) is 9.59 Å². The van der Waals surface area contributed by atoms with Crippen molar-refractivity contribution in [2.75, 3.05) is 23.4 Å². The molecule has 5 rings (SSSR count). The lowest BCUT2D eigenvalue weighted by molar-refractivity contribution is -0.119. The summed E-state index contributed by atoms with van der Waals surface area (Å²) in [6.45, 7) is 0.633. The van der Waals surface area contributed by atoms with Crippen molar-refractivity contribution >= 4 is 45.8 Å². The van der Waals surface area contributed by atoms with Gasteiger partial charge in [0.05, 0.1) is 11.0 Å². The van der Waals surface area contributed by atoms with Gasteiger partial charge in [0, 0.05) is 42.3 Å². The maximum atomic E-state index is 13.2. The maximum absolute atomic E-state index is 13.2. The van der Waals surface area contributed by atoms with Crippen molar-refractivity contribution < 1.29 is 9.59 Å². The molecule has 1 fully saturated rings. The van der Waals surface area contributed by atoms with E-state index in [0.717, 1.165) is 28.2 Å². The number of imidazole rings is 1. The molecule has 3 aromatic carbocycles. The third-order valence-corrected chi connectivity index (χ3v) is 6.34. The zero-order valence-corrected chi connectivity index (χ0v) is 18.9. The van der Waals surface area contributed by atoms with Gasteiger partial charge in [-0.1, -0.05) is 48.0 Å². The predicted octanol–water partition coefficient (Wildman–Crippen LogP) is 4.87. The van der Waals surface area contributed by atoms with Gasteiger partial charge < -0.3 is 14.4 Å². The minimum atomic E-state index is -0.126. The van der Waals surface area contributed by atoms with E-state index in [1.54, 1.807) is 29.0 Å². The highest BCUT2D eigenvalue weighted by atomic mass is 35.5. The second kappa shape index (κ2) is 8.71. The van der Waals surface area contributed by atoms with Crippen molar-refractivity contribution in [2.45, 2.75) is 18.9 Å². The largest absolute Gasteiger partial charge is 0.318 e. The fraction of sp³-hybridized carbons (Fsp3) is 0.192. The summed E-state index contributed by atoms with van der Waals surface area (Å²) < 4.78 is 1.95. The molecule has 166 valence electrons. The summed E-state index contributed by atoms with van der Waals surface area (Å²) in [7, 11) is 1.77. The van der Waals surface area contributed by atoms with E-state index in [0.29, 0.717) is 18.0 Å². The van der Waals surface area contributed by atoms with E-state index in [2.05, 4.69) is 0 Å². The van der Waals surface area contributed by atoms with Gasteiger partial charge in [0.15, 0.2) is 0 Å². The number of aromatic nitrogens is 2. The summed E-state index contributed by atoms with van der Waals surface area (Å²) in [6, 6.07) is 24.6. The number of likely N-dealkylation sites (N-methyl/N-ethyl adjacent to an activating group) is 1. The van der Waals surface area contributed by atoms with E-state index in [1.165, 1.54) is 0 Å². The van der Waals surface area contributed by atoms with Crippen LogP contribution in [0.4, 0.5) is 11.4 Å². The van der Waals surface area contributed by atoms with Gasteiger partial charge >= 0.3 is 0 Å². The standard InChI is InChI=1S/C26H23ClN4O2/c1-29(20-9-3-2-4-10-20)25(33)17-31-23-13-6-5-12-22(23)28-26(31)18-14-24(32)30(16-18)21-11-7-8-19(27)15-21/h2-13,15,18H,14,16-17H2,1H3. The smallest absolute Gasteiger partial charge is 0.246 e. The van der Waals surface area contributed by atoms with E-state index in [9.17, 15) is 9.59 Å². The van der Waals surface area contributed by atoms with E-state index in [1.807, 2.05) is 71.3 Å². The van der Waals surface area contributed by atoms with Gasteiger partial charge in [0.1, 0.15) is 12.4 Å². The highest BCUT2D eigenvalue weighted by Gasteiger charge is 2.35. The number of carbonyl (C=O) groups excluding carboxylic acids is 2. The normalized spacial score (nSPS) is 15.9. The molecule has 1 aromatic heterocycles. The van der Waals surface area contributed by atoms with E-state index in [-0.39, 0.29) is 24.3 Å². The minimum Gasteiger partial charge on any atom is -0.318 e. The number of fused-ring (bicyclic) bond motifs is 1. The van der Waals surface area contributed by atoms with Crippen molar-refractivity contribution in [1.82, 2.24) is 9.55 Å². The summed E-state index contributed by atoms with van der Waals surface area (Å²) in [4.78, 5) is 34.3. The van der Waals surface area contributed by atoms with Crippen molar-refractivity contribution in [3.8, 4) is 0 Å². The van der Waals surface area contributed by atoms with Crippen LogP contribution in [0.1, 0.15) is 18.2 Å². The Hall–Kier alpha value is -3.64. The highest BCUT2D eigenvalue weighted by molar-refractivity contribution is 6.30. The van der Waals surface area contributed by atoms with Gasteiger partial charge in [0.2, 0.25) is 11.8 Å². The Bertz CT molecular complexity index is 1330. The number of nitrogens with zero attached hydrogens (tertiary/aromatic N) is 4. The lowest BCUT2D eigenvalue weighted by Gasteiger charge is -2.20. The number of hydrogen-bond acceptors (Lipinski definition) is 3. The molecule has 0 saturated carbocycles. The van der Waals surface area contributed by atoms with Crippen LogP contribution >= 0.6 is 11.6 Å². The van der Waals surface area contributed by atoms with Gasteiger partial charge in [-0.2, -0.15) is 0 Å². The lowest BCUT2D eigenvalue weighted by Crippen LogP contribution is -2.31. The van der Waals surface area contributed by atoms with Crippen LogP contribution in [0.3, 0.4) is 0 Å². The first-order chi connectivity index (χ1) is 16.0. The Morgan fingerprint density at radius 2 is 1.82 bits per heavy atom. The van der Waals surface area contributed by atoms with Crippen LogP contribution in [0.15, 0.2) is 78.9 Å². The molecule has 1 atom stereocenters. The summed E-state index contributed by atoms with van der Waals surface area (Å²) in [6.07, 6.45) is 0.332. The molecular weight excluding hydrogens is 436 g/mol. The molecule has 33 heavy (non-hydrogen) atoms. The fourth-order valence-electron chi connectivity index (χ4n) is 4.38. The number of anilines is 2. The molecule has 0 spiro atoms. The monoisotopic (exact) mass is 458 g/mol. The zero-order chi connectivity index (χ0) is 22.9. The molecule has 2 heterocycles. The molecule has 2 amide bonds. The number of amides is 2. The van der Waals surface area contributed by atoms with Crippen molar-refractivity contribution in [1.29, 1.82) is 0 Å². The Labute approximate surface area is 197 Å². The average molecular weight is 459 g/mol. The molecule has 0 radical (unpaired) electrons. The second-order valence-corrected chi connectivity index (χ2v) is 8.65. The Morgan fingerprint density at radius 1 is 1.06 bits per heavy atom. The van der Waals surface area contributed by atoms with Crippen LogP contribution in [0.25, 0.3) is 11.0 Å². The summed E-state index contributed by atoms with van der Waals surface area (Å²) in [5.74, 6) is 0.595. The van der Waals surface area contributed by atoms with Crippen LogP contribution in [0.2, 0.25) is 5.02 Å². The lowest BCUT2D eigenvalue weighted by atomic mass is 10.1. The van der Waals surface area contributed by atoms with Crippen molar-refractivity contribution in [2.24, 2.45) is 0 Å². The number of benzene rings is 3. The van der Waals surface area contributed by atoms with Crippen LogP contribution in [0, 0.1) is 0 Å². The molecule has 0 aliphatic carbocycles. The van der Waals surface area contributed by atoms with Gasteiger partial charge in [-0.15, -0.1) is 0 Å². The number of rotatable bonds is 5. The molecule has 4 aromatic rings. The summed E-state index contributed by atoms with van der Waals surface area (Å²) in [5.41, 5.74) is 3.31. The van der Waals surface area contributed by atoms with E-state index >= 15 is 0 Å². The number of para-hydroxylation sites is 3. The van der Waals surface area contributed by atoms with Gasteiger partial charge in [0.25, 0.3) is 0 Å². The first-order valence-electron chi connectivity index (χ1n) is 10.8. The topological polar surface area (TPSA) is 58.4 Å². The molecule has 7 heteroatoms. The molecule has 0 N–H and O–H groups in total. The van der Waals surface area contributed by atoms with Crippen LogP contribution < -0.4 is 9.80 Å². The summed E-state index contributed by atoms with van der Waals surface area (Å²) in [5, 5.41) is 0.588. The van der Waals surface area contributed by atoms with Crippen LogP contribution in [-0.4, -0.2) is 35.0 Å². The quantitative estimate of drug-likeness (QED) is 0.428. The first-order valence-corrected chi connectivity index (χ1v) is 11.2.